The molecule has 0 atom stereocenters. The van der Waals surface area contributed by atoms with Gasteiger partial charge in [0.15, 0.2) is 14.3 Å². The van der Waals surface area contributed by atoms with E-state index in [2.05, 4.69) is 106 Å². The molecule has 5 heteroatoms. The van der Waals surface area contributed by atoms with Crippen molar-refractivity contribution in [3.05, 3.63) is 120 Å². The summed E-state index contributed by atoms with van der Waals surface area (Å²) in [5.41, 5.74) is 3.92. The van der Waals surface area contributed by atoms with Crippen LogP contribution in [-0.4, -0.2) is 14.3 Å². The number of halogens is 3. The number of pyridine rings is 1. The maximum absolute atomic E-state index is 13.4. The molecule has 0 aliphatic rings. The van der Waals surface area contributed by atoms with Gasteiger partial charge in [-0.1, -0.05) is 99.6 Å². The number of fused-ring (bicyclic) bond motifs is 1. The van der Waals surface area contributed by atoms with Crippen LogP contribution in [0.5, 0.6) is 0 Å². The molecule has 0 saturated carbocycles. The Balaban J connectivity index is 1.80. The number of nitrogens with zero attached hydrogens (tertiary/aromatic N) is 1. The first-order chi connectivity index (χ1) is 19.3. The van der Waals surface area contributed by atoms with Gasteiger partial charge < -0.3 is 0 Å². The predicted octanol–water partition coefficient (Wildman–Crippen LogP) is 7.32. The highest BCUT2D eigenvalue weighted by Crippen LogP contribution is 2.37. The lowest BCUT2D eigenvalue weighted by Crippen LogP contribution is -2.72. The Hall–Kier alpha value is -3.70. The first-order valence-electron chi connectivity index (χ1n) is 14.0. The van der Waals surface area contributed by atoms with Gasteiger partial charge in [0.05, 0.1) is 17.4 Å². The van der Waals surface area contributed by atoms with Crippen LogP contribution in [0.1, 0.15) is 37.5 Å². The van der Waals surface area contributed by atoms with E-state index < -0.39 is 20.7 Å². The van der Waals surface area contributed by atoms with Gasteiger partial charge in [0.1, 0.15) is 7.05 Å². The van der Waals surface area contributed by atoms with E-state index in [0.29, 0.717) is 0 Å². The number of alkyl halides is 3. The first kappa shape index (κ1) is 28.8. The number of aryl methyl sites for hydroxylation is 2. The molecule has 1 heterocycles. The van der Waals surface area contributed by atoms with E-state index in [-0.39, 0.29) is 10.6 Å². The van der Waals surface area contributed by atoms with Crippen LogP contribution in [0.15, 0.2) is 103 Å². The van der Waals surface area contributed by atoms with Crippen LogP contribution in [0.25, 0.3) is 22.0 Å². The SMILES string of the molecule is Cc1cc(CC(F)(F)F)cc(-c2c3ccc([Si](c4ccccc4)(c4ccccc4)C(C)(C)C)cc3cc[n+]2C)c1C. The Morgan fingerprint density at radius 2 is 1.29 bits per heavy atom. The number of benzene rings is 4. The third-order valence-electron chi connectivity index (χ3n) is 8.50. The van der Waals surface area contributed by atoms with E-state index in [9.17, 15) is 13.2 Å². The van der Waals surface area contributed by atoms with Gasteiger partial charge in [-0.15, -0.1) is 0 Å². The lowest BCUT2D eigenvalue weighted by atomic mass is 9.93. The summed E-state index contributed by atoms with van der Waals surface area (Å²) in [5.74, 6) is 0. The Labute approximate surface area is 242 Å². The van der Waals surface area contributed by atoms with Gasteiger partial charge in [0, 0.05) is 6.07 Å². The molecule has 4 aromatic carbocycles. The molecule has 5 aromatic rings. The van der Waals surface area contributed by atoms with Crippen LogP contribution in [0, 0.1) is 13.8 Å². The Morgan fingerprint density at radius 3 is 1.83 bits per heavy atom. The van der Waals surface area contributed by atoms with E-state index in [0.717, 1.165) is 33.2 Å². The quantitative estimate of drug-likeness (QED) is 0.119. The monoisotopic (exact) mass is 568 g/mol. The van der Waals surface area contributed by atoms with Crippen molar-refractivity contribution in [2.75, 3.05) is 0 Å². The second-order valence-electron chi connectivity index (χ2n) is 12.2. The van der Waals surface area contributed by atoms with Gasteiger partial charge in [-0.2, -0.15) is 13.2 Å². The summed E-state index contributed by atoms with van der Waals surface area (Å²) in [6, 6.07) is 34.0. The molecular weight excluding hydrogens is 531 g/mol. The topological polar surface area (TPSA) is 3.88 Å². The van der Waals surface area contributed by atoms with Crippen molar-refractivity contribution in [3.8, 4) is 11.3 Å². The van der Waals surface area contributed by atoms with Gasteiger partial charge in [0.2, 0.25) is 5.69 Å². The second kappa shape index (κ2) is 10.6. The molecule has 0 saturated heterocycles. The number of hydrogen-bond acceptors (Lipinski definition) is 0. The summed E-state index contributed by atoms with van der Waals surface area (Å²) in [4.78, 5) is 0. The zero-order chi connectivity index (χ0) is 29.6. The van der Waals surface area contributed by atoms with Crippen LogP contribution in [0.4, 0.5) is 13.2 Å². The number of rotatable bonds is 5. The van der Waals surface area contributed by atoms with Crippen molar-refractivity contribution >= 4 is 34.4 Å². The highest BCUT2D eigenvalue weighted by Gasteiger charge is 2.49. The minimum absolute atomic E-state index is 0.0503. The molecule has 0 unspecified atom stereocenters. The molecule has 0 bridgehead atoms. The molecule has 0 aliphatic heterocycles. The first-order valence-corrected chi connectivity index (χ1v) is 16.0. The predicted molar refractivity (Wildman–Crippen MR) is 167 cm³/mol. The van der Waals surface area contributed by atoms with Gasteiger partial charge in [-0.05, 0) is 68.7 Å². The second-order valence-corrected chi connectivity index (χ2v) is 16.9. The van der Waals surface area contributed by atoms with Crippen molar-refractivity contribution < 1.29 is 17.7 Å². The highest BCUT2D eigenvalue weighted by molar-refractivity contribution is 7.13. The zero-order valence-corrected chi connectivity index (χ0v) is 25.6. The maximum atomic E-state index is 13.4. The molecule has 0 fully saturated rings. The van der Waals surface area contributed by atoms with Crippen LogP contribution < -0.4 is 20.1 Å². The Morgan fingerprint density at radius 1 is 0.707 bits per heavy atom. The lowest BCUT2D eigenvalue weighted by Gasteiger charge is -2.44. The van der Waals surface area contributed by atoms with Gasteiger partial charge in [0.25, 0.3) is 0 Å². The largest absolute Gasteiger partial charge is 0.393 e. The highest BCUT2D eigenvalue weighted by atomic mass is 28.3. The molecule has 0 spiro atoms. The van der Waals surface area contributed by atoms with E-state index in [1.54, 1.807) is 12.1 Å². The van der Waals surface area contributed by atoms with Crippen molar-refractivity contribution in [1.82, 2.24) is 0 Å². The smallest absolute Gasteiger partial charge is 0.200 e. The summed E-state index contributed by atoms with van der Waals surface area (Å²) >= 11 is 0. The summed E-state index contributed by atoms with van der Waals surface area (Å²) in [6.45, 7) is 10.9. The molecule has 0 aliphatic carbocycles. The average molecular weight is 569 g/mol. The fourth-order valence-corrected chi connectivity index (χ4v) is 12.3. The average Bonchev–Trinajstić information content (AvgIpc) is 2.91. The molecule has 1 aromatic heterocycles. The van der Waals surface area contributed by atoms with E-state index in [4.69, 9.17) is 0 Å². The van der Waals surface area contributed by atoms with Crippen molar-refractivity contribution in [2.45, 2.75) is 52.3 Å². The van der Waals surface area contributed by atoms with Crippen molar-refractivity contribution in [1.29, 1.82) is 0 Å². The summed E-state index contributed by atoms with van der Waals surface area (Å²) in [5, 5.41) is 6.08. The molecule has 0 N–H and O–H groups in total. The maximum Gasteiger partial charge on any atom is 0.393 e. The van der Waals surface area contributed by atoms with Crippen molar-refractivity contribution in [2.24, 2.45) is 7.05 Å². The molecule has 41 heavy (non-hydrogen) atoms. The Bertz CT molecular complexity index is 1660. The molecular formula is C36H37F3NSi+. The molecule has 1 nitrogen and oxygen atoms in total. The van der Waals surface area contributed by atoms with E-state index in [1.165, 1.54) is 15.6 Å². The normalized spacial score (nSPS) is 12.6. The minimum atomic E-state index is -4.26. The molecule has 210 valence electrons. The van der Waals surface area contributed by atoms with Gasteiger partial charge in [-0.25, -0.2) is 4.57 Å². The summed E-state index contributed by atoms with van der Waals surface area (Å²) in [7, 11) is -0.572. The van der Waals surface area contributed by atoms with Gasteiger partial charge >= 0.3 is 6.18 Å². The third kappa shape index (κ3) is 5.24. The van der Waals surface area contributed by atoms with Gasteiger partial charge in [-0.3, -0.25) is 0 Å². The number of hydrogen-bond donors (Lipinski definition) is 0. The summed E-state index contributed by atoms with van der Waals surface area (Å²) < 4.78 is 42.1. The van der Waals surface area contributed by atoms with Crippen LogP contribution in [-0.2, 0) is 13.5 Å². The number of aromatic nitrogens is 1. The molecule has 5 rings (SSSR count). The summed E-state index contributed by atoms with van der Waals surface area (Å²) in [6.07, 6.45) is -3.17. The third-order valence-corrected chi connectivity index (χ3v) is 14.3. The zero-order valence-electron chi connectivity index (χ0n) is 24.6. The minimum Gasteiger partial charge on any atom is -0.200 e. The van der Waals surface area contributed by atoms with E-state index >= 15 is 0 Å². The Kier molecular flexibility index (Phi) is 7.45. The molecule has 0 radical (unpaired) electrons. The molecule has 0 amide bonds. The lowest BCUT2D eigenvalue weighted by molar-refractivity contribution is -0.659. The van der Waals surface area contributed by atoms with Crippen LogP contribution in [0.2, 0.25) is 5.04 Å². The van der Waals surface area contributed by atoms with Crippen molar-refractivity contribution in [3.63, 3.8) is 0 Å². The van der Waals surface area contributed by atoms with Crippen LogP contribution >= 0.6 is 0 Å². The fourth-order valence-electron chi connectivity index (χ4n) is 6.63. The standard InChI is InChI=1S/C36H37F3NSi/c1-25-21-27(24-36(37,38)39)22-33(26(25)2)34-32-18-17-31(23-28(32)19-20-40(34)6)41(35(3,4)5,29-13-9-7-10-14-29)30-15-11-8-12-16-30/h7-23H,24H2,1-6H3/q+1. The van der Waals surface area contributed by atoms with E-state index in [1.807, 2.05) is 31.7 Å². The van der Waals surface area contributed by atoms with Crippen LogP contribution in [0.3, 0.4) is 0 Å². The fraction of sp³-hybridized carbons (Fsp3) is 0.250.